The zero-order chi connectivity index (χ0) is 26.6. The molecule has 0 saturated carbocycles. The van der Waals surface area contributed by atoms with Gasteiger partial charge in [0.1, 0.15) is 12.1 Å². The number of rotatable bonds is 8. The highest BCUT2D eigenvalue weighted by molar-refractivity contribution is 5.91. The summed E-state index contributed by atoms with van der Waals surface area (Å²) in [5, 5.41) is 21.8. The number of carbonyl (C=O) groups excluding carboxylic acids is 1. The van der Waals surface area contributed by atoms with Gasteiger partial charge in [-0.15, -0.1) is 0 Å². The highest BCUT2D eigenvalue weighted by atomic mass is 16.3. The second-order valence-corrected chi connectivity index (χ2v) is 8.83. The number of nitrogens with two attached hydrogens (primary N) is 1. The smallest absolute Gasteiger partial charge is 0.295 e. The molecule has 2 atom stereocenters. The third kappa shape index (κ3) is 4.87. The number of nitrogen functional groups attached to an aromatic ring is 1. The van der Waals surface area contributed by atoms with Gasteiger partial charge in [-0.05, 0) is 26.3 Å². The van der Waals surface area contributed by atoms with Crippen molar-refractivity contribution in [2.75, 3.05) is 5.73 Å². The Morgan fingerprint density at radius 3 is 2.66 bits per heavy atom. The summed E-state index contributed by atoms with van der Waals surface area (Å²) in [6.07, 6.45) is 7.34. The second kappa shape index (κ2) is 10.6. The van der Waals surface area contributed by atoms with Crippen LogP contribution in [0.2, 0.25) is 0 Å². The number of fused-ring (bicyclic) bond motifs is 1. The van der Waals surface area contributed by atoms with Crippen LogP contribution in [0.3, 0.4) is 0 Å². The Balaban J connectivity index is 1.41. The number of hydrogen-bond acceptors (Lipinski definition) is 8. The van der Waals surface area contributed by atoms with E-state index in [4.69, 9.17) is 10.7 Å². The third-order valence-corrected chi connectivity index (χ3v) is 6.21. The zero-order valence-corrected chi connectivity index (χ0v) is 20.9. The van der Waals surface area contributed by atoms with Crippen LogP contribution >= 0.6 is 0 Å². The van der Waals surface area contributed by atoms with Gasteiger partial charge in [-0.2, -0.15) is 14.7 Å². The molecule has 11 heteroatoms. The number of aliphatic hydroxyl groups excluding tert-OH is 1. The van der Waals surface area contributed by atoms with E-state index in [1.807, 2.05) is 56.3 Å². The molecule has 0 fully saturated rings. The second-order valence-electron chi connectivity index (χ2n) is 8.83. The summed E-state index contributed by atoms with van der Waals surface area (Å²) in [6.45, 7) is 3.64. The maximum atomic E-state index is 12.9. The van der Waals surface area contributed by atoms with Crippen LogP contribution in [-0.4, -0.2) is 56.7 Å². The van der Waals surface area contributed by atoms with E-state index in [9.17, 15) is 9.90 Å². The van der Waals surface area contributed by atoms with Crippen molar-refractivity contribution in [3.63, 3.8) is 0 Å². The number of benzene rings is 1. The number of H-pyrrole nitrogens is 1. The molecule has 5 rings (SSSR count). The van der Waals surface area contributed by atoms with Gasteiger partial charge in [0, 0.05) is 41.2 Å². The normalized spacial score (nSPS) is 13.1. The van der Waals surface area contributed by atoms with Gasteiger partial charge in [-0.1, -0.05) is 42.5 Å². The first-order valence-corrected chi connectivity index (χ1v) is 12.1. The molecule has 0 aliphatic rings. The molecule has 38 heavy (non-hydrogen) atoms. The van der Waals surface area contributed by atoms with Gasteiger partial charge >= 0.3 is 0 Å². The summed E-state index contributed by atoms with van der Waals surface area (Å²) < 4.78 is 1.53. The molecule has 11 nitrogen and oxygen atoms in total. The lowest BCUT2D eigenvalue weighted by atomic mass is 10.1. The number of pyridine rings is 1. The first kappa shape index (κ1) is 24.8. The molecule has 0 bridgehead atoms. The molecule has 0 unspecified atom stereocenters. The number of allylic oxidation sites excluding steroid dienone is 1. The van der Waals surface area contributed by atoms with E-state index in [1.54, 1.807) is 30.7 Å². The first-order chi connectivity index (χ1) is 18.5. The molecular formula is C27H27N9O2. The highest BCUT2D eigenvalue weighted by Gasteiger charge is 2.25. The van der Waals surface area contributed by atoms with Crippen LogP contribution in [0, 0.1) is 0 Å². The number of carbonyl (C=O) groups is 1. The van der Waals surface area contributed by atoms with Gasteiger partial charge in [0.2, 0.25) is 5.82 Å². The number of aromatic nitrogens is 7. The maximum absolute atomic E-state index is 12.9. The summed E-state index contributed by atoms with van der Waals surface area (Å²) in [4.78, 5) is 27.6. The number of anilines is 1. The Hall–Kier alpha value is -4.90. The molecule has 1 amide bonds. The van der Waals surface area contributed by atoms with Crippen LogP contribution in [-0.2, 0) is 0 Å². The average molecular weight is 510 g/mol. The number of nitrogens with one attached hydrogen (secondary N) is 1. The topological polar surface area (TPSA) is 151 Å². The van der Waals surface area contributed by atoms with Gasteiger partial charge in [0.25, 0.3) is 5.91 Å². The van der Waals surface area contributed by atoms with E-state index in [0.717, 1.165) is 22.4 Å². The molecule has 0 aliphatic carbocycles. The molecule has 0 radical (unpaired) electrons. The van der Waals surface area contributed by atoms with Crippen LogP contribution in [0.1, 0.15) is 42.7 Å². The fraction of sp³-hybridized carbons (Fsp3) is 0.185. The van der Waals surface area contributed by atoms with Crippen molar-refractivity contribution in [1.29, 1.82) is 0 Å². The summed E-state index contributed by atoms with van der Waals surface area (Å²) in [5.74, 6) is 0.0941. The number of aliphatic hydroxyl groups is 1. The molecular weight excluding hydrogens is 482 g/mol. The van der Waals surface area contributed by atoms with Crippen molar-refractivity contribution in [3.05, 3.63) is 91.0 Å². The Labute approximate surface area is 218 Å². The molecule has 5 aromatic rings. The summed E-state index contributed by atoms with van der Waals surface area (Å²) >= 11 is 0. The van der Waals surface area contributed by atoms with Crippen molar-refractivity contribution >= 4 is 17.4 Å². The van der Waals surface area contributed by atoms with E-state index < -0.39 is 6.10 Å². The monoisotopic (exact) mass is 509 g/mol. The number of nitrogens with zero attached hydrogens (tertiary/aromatic N) is 7. The Kier molecular flexibility index (Phi) is 6.92. The SMILES string of the molecule is C/C=C\N(C(=O)c1ncn[nH]1)[C@H](C)C[C@@H](O)c1cc(N)n2ncc(-c3ccc(-c4ccccc4)nc3)c2n1. The predicted octanol–water partition coefficient (Wildman–Crippen LogP) is 3.65. The van der Waals surface area contributed by atoms with Gasteiger partial charge in [-0.3, -0.25) is 14.9 Å². The lowest BCUT2D eigenvalue weighted by molar-refractivity contribution is 0.0699. The minimum atomic E-state index is -0.992. The van der Waals surface area contributed by atoms with Crippen molar-refractivity contribution in [3.8, 4) is 22.4 Å². The van der Waals surface area contributed by atoms with Crippen LogP contribution < -0.4 is 5.73 Å². The Morgan fingerprint density at radius 2 is 1.97 bits per heavy atom. The van der Waals surface area contributed by atoms with E-state index in [2.05, 4.69) is 25.3 Å². The Bertz CT molecular complexity index is 1560. The fourth-order valence-corrected chi connectivity index (χ4v) is 4.28. The molecule has 0 saturated heterocycles. The minimum absolute atomic E-state index is 0.115. The summed E-state index contributed by atoms with van der Waals surface area (Å²) in [7, 11) is 0. The quantitative estimate of drug-likeness (QED) is 0.287. The van der Waals surface area contributed by atoms with Gasteiger partial charge in [-0.25, -0.2) is 9.97 Å². The van der Waals surface area contributed by atoms with E-state index in [-0.39, 0.29) is 24.2 Å². The lowest BCUT2D eigenvalue weighted by Gasteiger charge is -2.26. The lowest BCUT2D eigenvalue weighted by Crippen LogP contribution is -2.36. The standard InChI is InChI=1S/C27H27N9O2/c1-3-11-35(27(38)25-30-16-31-34-25)17(2)12-23(37)22-13-24(28)36-26(33-22)20(15-32-36)19-9-10-21(29-14-19)18-7-5-4-6-8-18/h3-11,13-17,23,37H,12,28H2,1-2H3,(H,30,31,34)/b11-3-/t17-,23-/m1/s1. The molecule has 192 valence electrons. The van der Waals surface area contributed by atoms with Gasteiger partial charge in [0.05, 0.1) is 23.7 Å². The molecule has 0 spiro atoms. The molecule has 4 heterocycles. The van der Waals surface area contributed by atoms with Crippen LogP contribution in [0.5, 0.6) is 0 Å². The molecule has 4 N–H and O–H groups in total. The van der Waals surface area contributed by atoms with Crippen LogP contribution in [0.15, 0.2) is 79.5 Å². The summed E-state index contributed by atoms with van der Waals surface area (Å²) in [6, 6.07) is 15.0. The Morgan fingerprint density at radius 1 is 1.16 bits per heavy atom. The minimum Gasteiger partial charge on any atom is -0.387 e. The third-order valence-electron chi connectivity index (χ3n) is 6.21. The van der Waals surface area contributed by atoms with Crippen molar-refractivity contribution in [2.24, 2.45) is 0 Å². The van der Waals surface area contributed by atoms with Crippen molar-refractivity contribution in [1.82, 2.24) is 39.7 Å². The summed E-state index contributed by atoms with van der Waals surface area (Å²) in [5.41, 5.74) is 10.6. The van der Waals surface area contributed by atoms with E-state index in [1.165, 1.54) is 15.7 Å². The predicted molar refractivity (Wildman–Crippen MR) is 142 cm³/mol. The van der Waals surface area contributed by atoms with Crippen molar-refractivity contribution in [2.45, 2.75) is 32.4 Å². The number of aromatic amines is 1. The van der Waals surface area contributed by atoms with E-state index in [0.29, 0.717) is 17.2 Å². The number of amides is 1. The zero-order valence-electron chi connectivity index (χ0n) is 20.9. The molecule has 0 aliphatic heterocycles. The highest BCUT2D eigenvalue weighted by Crippen LogP contribution is 2.29. The van der Waals surface area contributed by atoms with Gasteiger partial charge in [0.15, 0.2) is 5.65 Å². The van der Waals surface area contributed by atoms with E-state index >= 15 is 0 Å². The van der Waals surface area contributed by atoms with Gasteiger partial charge < -0.3 is 15.7 Å². The largest absolute Gasteiger partial charge is 0.387 e. The average Bonchev–Trinajstić information content (AvgIpc) is 3.63. The molecule has 4 aromatic heterocycles. The molecule has 1 aromatic carbocycles. The fourth-order valence-electron chi connectivity index (χ4n) is 4.28. The van der Waals surface area contributed by atoms with Crippen LogP contribution in [0.4, 0.5) is 5.82 Å². The van der Waals surface area contributed by atoms with Crippen molar-refractivity contribution < 1.29 is 9.90 Å². The van der Waals surface area contributed by atoms with Crippen LogP contribution in [0.25, 0.3) is 28.0 Å². The number of hydrogen-bond donors (Lipinski definition) is 3. The maximum Gasteiger partial charge on any atom is 0.295 e. The first-order valence-electron chi connectivity index (χ1n) is 12.1.